The summed E-state index contributed by atoms with van der Waals surface area (Å²) in [6.07, 6.45) is 19.0. The van der Waals surface area contributed by atoms with E-state index in [1.165, 1.54) is 64.2 Å². The Hall–Kier alpha value is -1.06. The lowest BCUT2D eigenvalue weighted by Gasteiger charge is -2.26. The van der Waals surface area contributed by atoms with Gasteiger partial charge in [0.1, 0.15) is 6.10 Å². The molecule has 1 fully saturated rings. The lowest BCUT2D eigenvalue weighted by Crippen LogP contribution is -2.29. The van der Waals surface area contributed by atoms with E-state index in [0.717, 1.165) is 19.3 Å². The molecule has 0 aliphatic heterocycles. The Kier molecular flexibility index (Phi) is 14.1. The van der Waals surface area contributed by atoms with Gasteiger partial charge in [0.05, 0.1) is 11.8 Å². The fourth-order valence-electron chi connectivity index (χ4n) is 4.22. The molecule has 0 radical (unpaired) electrons. The minimum absolute atomic E-state index is 0.0308. The van der Waals surface area contributed by atoms with E-state index in [0.29, 0.717) is 25.7 Å². The summed E-state index contributed by atoms with van der Waals surface area (Å²) in [6.45, 7) is 4.34. The summed E-state index contributed by atoms with van der Waals surface area (Å²) in [4.78, 5) is 23.4. The Labute approximate surface area is 172 Å². The zero-order chi connectivity index (χ0) is 20.6. The number of rotatable bonds is 16. The highest BCUT2D eigenvalue weighted by Crippen LogP contribution is 2.30. The molecule has 0 heterocycles. The number of carbonyl (C=O) groups excluding carboxylic acids is 1. The highest BCUT2D eigenvalue weighted by molar-refractivity contribution is 5.74. The summed E-state index contributed by atoms with van der Waals surface area (Å²) in [7, 11) is 0. The van der Waals surface area contributed by atoms with Gasteiger partial charge in [0.25, 0.3) is 0 Å². The topological polar surface area (TPSA) is 63.6 Å². The lowest BCUT2D eigenvalue weighted by molar-refractivity contribution is -0.157. The van der Waals surface area contributed by atoms with Crippen molar-refractivity contribution in [2.24, 2.45) is 11.8 Å². The van der Waals surface area contributed by atoms with E-state index in [2.05, 4.69) is 13.8 Å². The van der Waals surface area contributed by atoms with Crippen LogP contribution >= 0.6 is 0 Å². The number of unbranched alkanes of at least 4 members (excludes halogenated alkanes) is 10. The van der Waals surface area contributed by atoms with Gasteiger partial charge in [-0.3, -0.25) is 9.59 Å². The van der Waals surface area contributed by atoms with Crippen molar-refractivity contribution < 1.29 is 19.4 Å². The van der Waals surface area contributed by atoms with Crippen LogP contribution in [0, 0.1) is 11.8 Å². The Morgan fingerprint density at radius 3 is 1.71 bits per heavy atom. The number of carboxylic acids is 1. The number of hydrogen-bond acceptors (Lipinski definition) is 3. The van der Waals surface area contributed by atoms with Gasteiger partial charge in [0.2, 0.25) is 0 Å². The number of carbonyl (C=O) groups is 2. The van der Waals surface area contributed by atoms with Gasteiger partial charge in [-0.15, -0.1) is 0 Å². The molecule has 1 atom stereocenters. The molecule has 1 rings (SSSR count). The van der Waals surface area contributed by atoms with Gasteiger partial charge in [0.15, 0.2) is 0 Å². The zero-order valence-electron chi connectivity index (χ0n) is 18.4. The first-order valence-electron chi connectivity index (χ1n) is 12.0. The molecule has 0 aromatic heterocycles. The highest BCUT2D eigenvalue weighted by atomic mass is 16.5. The van der Waals surface area contributed by atoms with Crippen LogP contribution in [0.1, 0.15) is 123 Å². The molecule has 1 saturated carbocycles. The van der Waals surface area contributed by atoms with E-state index in [4.69, 9.17) is 9.84 Å². The summed E-state index contributed by atoms with van der Waals surface area (Å²) in [6, 6.07) is 0. The van der Waals surface area contributed by atoms with Crippen LogP contribution < -0.4 is 0 Å². The summed E-state index contributed by atoms with van der Waals surface area (Å²) in [5.74, 6) is -1.20. The fourth-order valence-corrected chi connectivity index (χ4v) is 4.22. The van der Waals surface area contributed by atoms with E-state index in [1.807, 2.05) is 0 Å². The summed E-state index contributed by atoms with van der Waals surface area (Å²) < 4.78 is 5.74. The summed E-state index contributed by atoms with van der Waals surface area (Å²) >= 11 is 0. The quantitative estimate of drug-likeness (QED) is 0.228. The smallest absolute Gasteiger partial charge is 0.309 e. The Balaban J connectivity index is 2.04. The first-order valence-corrected chi connectivity index (χ1v) is 12.0. The average molecular weight is 397 g/mol. The predicted octanol–water partition coefficient (Wildman–Crippen LogP) is 6.90. The zero-order valence-corrected chi connectivity index (χ0v) is 18.4. The molecule has 1 unspecified atom stereocenters. The second-order valence-electron chi connectivity index (χ2n) is 8.68. The van der Waals surface area contributed by atoms with Crippen molar-refractivity contribution in [2.45, 2.75) is 129 Å². The van der Waals surface area contributed by atoms with Crippen LogP contribution in [-0.2, 0) is 14.3 Å². The number of esters is 1. The molecule has 4 nitrogen and oxygen atoms in total. The van der Waals surface area contributed by atoms with Gasteiger partial charge in [-0.1, -0.05) is 78.1 Å². The SMILES string of the molecule is CCCCCCCCCCCCCC(CC)OC(=O)C1CCC(C(=O)O)CC1. The summed E-state index contributed by atoms with van der Waals surface area (Å²) in [5, 5.41) is 9.06. The van der Waals surface area contributed by atoms with Crippen LogP contribution in [0.4, 0.5) is 0 Å². The molecule has 0 aromatic rings. The lowest BCUT2D eigenvalue weighted by atomic mass is 9.82. The molecule has 1 N–H and O–H groups in total. The molecule has 1 aliphatic rings. The van der Waals surface area contributed by atoms with Gasteiger partial charge in [-0.25, -0.2) is 0 Å². The maximum absolute atomic E-state index is 12.4. The fraction of sp³-hybridized carbons (Fsp3) is 0.917. The van der Waals surface area contributed by atoms with Crippen LogP contribution in [0.15, 0.2) is 0 Å². The van der Waals surface area contributed by atoms with E-state index in [-0.39, 0.29) is 23.9 Å². The van der Waals surface area contributed by atoms with Crippen LogP contribution in [0.2, 0.25) is 0 Å². The van der Waals surface area contributed by atoms with Crippen LogP contribution in [0.25, 0.3) is 0 Å². The molecular weight excluding hydrogens is 352 g/mol. The minimum atomic E-state index is -0.727. The number of ether oxygens (including phenoxy) is 1. The van der Waals surface area contributed by atoms with Crippen LogP contribution in [0.3, 0.4) is 0 Å². The third-order valence-electron chi connectivity index (χ3n) is 6.28. The van der Waals surface area contributed by atoms with Crippen molar-refractivity contribution in [2.75, 3.05) is 0 Å². The van der Waals surface area contributed by atoms with E-state index >= 15 is 0 Å². The van der Waals surface area contributed by atoms with Crippen molar-refractivity contribution in [3.8, 4) is 0 Å². The van der Waals surface area contributed by atoms with E-state index in [1.54, 1.807) is 0 Å². The molecule has 0 aromatic carbocycles. The molecule has 0 amide bonds. The second-order valence-corrected chi connectivity index (χ2v) is 8.68. The first-order chi connectivity index (χ1) is 13.6. The number of hydrogen-bond donors (Lipinski definition) is 1. The molecule has 28 heavy (non-hydrogen) atoms. The normalized spacial score (nSPS) is 20.6. The van der Waals surface area contributed by atoms with E-state index < -0.39 is 5.97 Å². The third kappa shape index (κ3) is 11.1. The average Bonchev–Trinajstić information content (AvgIpc) is 2.71. The monoisotopic (exact) mass is 396 g/mol. The minimum Gasteiger partial charge on any atom is -0.481 e. The van der Waals surface area contributed by atoms with Gasteiger partial charge in [-0.2, -0.15) is 0 Å². The standard InChI is InChI=1S/C24H44O4/c1-3-5-6-7-8-9-10-11-12-13-14-15-22(4-2)28-24(27)21-18-16-20(17-19-21)23(25)26/h20-22H,3-19H2,1-2H3,(H,25,26). The van der Waals surface area contributed by atoms with Crippen LogP contribution in [0.5, 0.6) is 0 Å². The number of aliphatic carboxylic acids is 1. The highest BCUT2D eigenvalue weighted by Gasteiger charge is 2.31. The Morgan fingerprint density at radius 1 is 0.786 bits per heavy atom. The molecule has 0 spiro atoms. The Bertz CT molecular complexity index is 413. The molecule has 1 aliphatic carbocycles. The van der Waals surface area contributed by atoms with Crippen molar-refractivity contribution >= 4 is 11.9 Å². The maximum Gasteiger partial charge on any atom is 0.309 e. The van der Waals surface area contributed by atoms with Crippen molar-refractivity contribution in [1.29, 1.82) is 0 Å². The molecule has 0 bridgehead atoms. The predicted molar refractivity (Wildman–Crippen MR) is 114 cm³/mol. The molecule has 164 valence electrons. The van der Waals surface area contributed by atoms with Crippen LogP contribution in [-0.4, -0.2) is 23.1 Å². The molecule has 4 heteroatoms. The third-order valence-corrected chi connectivity index (χ3v) is 6.28. The van der Waals surface area contributed by atoms with Crippen molar-refractivity contribution in [1.82, 2.24) is 0 Å². The van der Waals surface area contributed by atoms with Crippen molar-refractivity contribution in [3.05, 3.63) is 0 Å². The van der Waals surface area contributed by atoms with Crippen molar-refractivity contribution in [3.63, 3.8) is 0 Å². The molecular formula is C24H44O4. The summed E-state index contributed by atoms with van der Waals surface area (Å²) in [5.41, 5.74) is 0. The largest absolute Gasteiger partial charge is 0.481 e. The van der Waals surface area contributed by atoms with Gasteiger partial charge in [-0.05, 0) is 44.9 Å². The van der Waals surface area contributed by atoms with Gasteiger partial charge < -0.3 is 9.84 Å². The van der Waals surface area contributed by atoms with Gasteiger partial charge in [0, 0.05) is 0 Å². The molecule has 0 saturated heterocycles. The Morgan fingerprint density at radius 2 is 1.25 bits per heavy atom. The van der Waals surface area contributed by atoms with Gasteiger partial charge >= 0.3 is 11.9 Å². The van der Waals surface area contributed by atoms with E-state index in [9.17, 15) is 9.59 Å². The number of carboxylic acid groups (broad SMARTS) is 1. The maximum atomic E-state index is 12.4. The second kappa shape index (κ2) is 15.8. The first kappa shape index (κ1) is 25.0.